The molecule has 1 aliphatic heterocycles. The third kappa shape index (κ3) is 4.00. The number of hydrogen-bond donors (Lipinski definition) is 0. The highest BCUT2D eigenvalue weighted by atomic mass is 16.5. The van der Waals surface area contributed by atoms with Crippen LogP contribution >= 0.6 is 0 Å². The summed E-state index contributed by atoms with van der Waals surface area (Å²) in [5.74, 6) is 0.342. The predicted molar refractivity (Wildman–Crippen MR) is 94.6 cm³/mol. The van der Waals surface area contributed by atoms with Crippen molar-refractivity contribution in [2.75, 3.05) is 0 Å². The van der Waals surface area contributed by atoms with Crippen LogP contribution in [-0.2, 0) is 9.53 Å². The molecule has 2 aromatic carbocycles. The van der Waals surface area contributed by atoms with Gasteiger partial charge in [-0.15, -0.1) is 0 Å². The highest BCUT2D eigenvalue weighted by Gasteiger charge is 2.29. The zero-order valence-electron chi connectivity index (χ0n) is 14.0. The Kier molecular flexibility index (Phi) is 5.45. The van der Waals surface area contributed by atoms with Gasteiger partial charge in [0.15, 0.2) is 0 Å². The first-order valence-corrected chi connectivity index (χ1v) is 8.92. The van der Waals surface area contributed by atoms with Gasteiger partial charge in [-0.1, -0.05) is 75.1 Å². The molecule has 1 heterocycles. The zero-order chi connectivity index (χ0) is 16.1. The number of Topliss-reactive ketones (excluding diaryl/α,β-unsaturated/α-hetero) is 1. The molecule has 0 aliphatic carbocycles. The van der Waals surface area contributed by atoms with Gasteiger partial charge >= 0.3 is 0 Å². The molecule has 0 bridgehead atoms. The lowest BCUT2D eigenvalue weighted by atomic mass is 9.92. The summed E-state index contributed by atoms with van der Waals surface area (Å²) in [5, 5.41) is 2.42. The van der Waals surface area contributed by atoms with Crippen LogP contribution in [0.25, 0.3) is 10.8 Å². The molecule has 0 amide bonds. The van der Waals surface area contributed by atoms with Gasteiger partial charge in [0.25, 0.3) is 0 Å². The van der Waals surface area contributed by atoms with Gasteiger partial charge in [-0.05, 0) is 22.8 Å². The van der Waals surface area contributed by atoms with Gasteiger partial charge in [-0.25, -0.2) is 0 Å². The summed E-state index contributed by atoms with van der Waals surface area (Å²) >= 11 is 0. The molecule has 2 atom stereocenters. The molecule has 0 unspecified atom stereocenters. The fourth-order valence-electron chi connectivity index (χ4n) is 3.56. The summed E-state index contributed by atoms with van der Waals surface area (Å²) in [6.07, 6.45) is 7.03. The number of rotatable bonds is 6. The largest absolute Gasteiger partial charge is 0.369 e. The van der Waals surface area contributed by atoms with Crippen molar-refractivity contribution in [1.82, 2.24) is 0 Å². The van der Waals surface area contributed by atoms with Gasteiger partial charge in [0.1, 0.15) is 5.78 Å². The first-order chi connectivity index (χ1) is 11.3. The van der Waals surface area contributed by atoms with Gasteiger partial charge in [-0.3, -0.25) is 4.79 Å². The Bertz CT molecular complexity index is 656. The average Bonchev–Trinajstić information content (AvgIpc) is 2.58. The number of carbonyl (C=O) groups is 1. The fraction of sp³-hybridized carbons (Fsp3) is 0.476. The normalized spacial score (nSPS) is 21.7. The molecular formula is C21H26O2. The topological polar surface area (TPSA) is 26.3 Å². The van der Waals surface area contributed by atoms with Crippen molar-refractivity contribution in [2.24, 2.45) is 0 Å². The number of ketones is 1. The first-order valence-electron chi connectivity index (χ1n) is 8.92. The van der Waals surface area contributed by atoms with Crippen molar-refractivity contribution in [3.8, 4) is 0 Å². The summed E-state index contributed by atoms with van der Waals surface area (Å²) in [5.41, 5.74) is 1.16. The van der Waals surface area contributed by atoms with E-state index >= 15 is 0 Å². The van der Waals surface area contributed by atoms with E-state index in [2.05, 4.69) is 49.4 Å². The minimum absolute atomic E-state index is 0.0847. The van der Waals surface area contributed by atoms with Crippen LogP contribution in [0, 0.1) is 0 Å². The Hall–Kier alpha value is -1.67. The van der Waals surface area contributed by atoms with Crippen molar-refractivity contribution in [1.29, 1.82) is 0 Å². The second kappa shape index (κ2) is 7.74. The number of ether oxygens (including phenoxy) is 1. The van der Waals surface area contributed by atoms with E-state index < -0.39 is 0 Å². The van der Waals surface area contributed by atoms with Gasteiger partial charge in [0, 0.05) is 12.8 Å². The Morgan fingerprint density at radius 2 is 1.83 bits per heavy atom. The van der Waals surface area contributed by atoms with E-state index in [0.717, 1.165) is 18.4 Å². The second-order valence-corrected chi connectivity index (χ2v) is 6.61. The lowest BCUT2D eigenvalue weighted by Crippen LogP contribution is -2.28. The second-order valence-electron chi connectivity index (χ2n) is 6.61. The minimum Gasteiger partial charge on any atom is -0.369 e. The van der Waals surface area contributed by atoms with Gasteiger partial charge in [0.05, 0.1) is 12.2 Å². The molecule has 0 saturated carbocycles. The minimum atomic E-state index is -0.0847. The van der Waals surface area contributed by atoms with E-state index in [-0.39, 0.29) is 12.2 Å². The highest BCUT2D eigenvalue weighted by Crippen LogP contribution is 2.35. The smallest absolute Gasteiger partial charge is 0.138 e. The van der Waals surface area contributed by atoms with E-state index in [1.54, 1.807) is 0 Å². The summed E-state index contributed by atoms with van der Waals surface area (Å²) in [6.45, 7) is 2.22. The molecule has 3 rings (SSSR count). The van der Waals surface area contributed by atoms with Crippen molar-refractivity contribution in [3.05, 3.63) is 48.0 Å². The summed E-state index contributed by atoms with van der Waals surface area (Å²) in [7, 11) is 0. The molecule has 122 valence electrons. The highest BCUT2D eigenvalue weighted by molar-refractivity contribution is 5.87. The van der Waals surface area contributed by atoms with Crippen LogP contribution in [-0.4, -0.2) is 11.9 Å². The Labute approximate surface area is 138 Å². The maximum Gasteiger partial charge on any atom is 0.138 e. The van der Waals surface area contributed by atoms with Crippen molar-refractivity contribution >= 4 is 16.6 Å². The lowest BCUT2D eigenvalue weighted by molar-refractivity contribution is -0.136. The van der Waals surface area contributed by atoms with Gasteiger partial charge < -0.3 is 4.74 Å². The SMILES string of the molecule is CCCCCC[C@@H]1CC(=O)C[C@H](c2cccc3ccccc23)O1. The maximum absolute atomic E-state index is 12.2. The molecule has 2 heteroatoms. The van der Waals surface area contributed by atoms with Crippen molar-refractivity contribution in [2.45, 2.75) is 64.1 Å². The van der Waals surface area contributed by atoms with Crippen LogP contribution in [0.15, 0.2) is 42.5 Å². The van der Waals surface area contributed by atoms with Crippen molar-refractivity contribution < 1.29 is 9.53 Å². The number of fused-ring (bicyclic) bond motifs is 1. The summed E-state index contributed by atoms with van der Waals surface area (Å²) in [4.78, 5) is 12.2. The molecule has 2 nitrogen and oxygen atoms in total. The van der Waals surface area contributed by atoms with Crippen LogP contribution in [0.5, 0.6) is 0 Å². The van der Waals surface area contributed by atoms with E-state index in [1.165, 1.54) is 30.0 Å². The molecule has 0 spiro atoms. The van der Waals surface area contributed by atoms with E-state index in [0.29, 0.717) is 18.6 Å². The average molecular weight is 310 g/mol. The maximum atomic E-state index is 12.2. The van der Waals surface area contributed by atoms with Crippen LogP contribution < -0.4 is 0 Å². The number of benzene rings is 2. The lowest BCUT2D eigenvalue weighted by Gasteiger charge is -2.30. The molecule has 0 N–H and O–H groups in total. The Balaban J connectivity index is 1.74. The molecule has 1 fully saturated rings. The fourth-order valence-corrected chi connectivity index (χ4v) is 3.56. The standard InChI is InChI=1S/C21H26O2/c1-2-3-4-5-11-18-14-17(22)15-21(23-18)20-13-8-10-16-9-6-7-12-19(16)20/h6-10,12-13,18,21H,2-5,11,14-15H2,1H3/t18-,21-/m1/s1. The quantitative estimate of drug-likeness (QED) is 0.649. The zero-order valence-corrected chi connectivity index (χ0v) is 14.0. The molecule has 0 radical (unpaired) electrons. The van der Waals surface area contributed by atoms with Crippen molar-refractivity contribution in [3.63, 3.8) is 0 Å². The number of hydrogen-bond acceptors (Lipinski definition) is 2. The Morgan fingerprint density at radius 3 is 2.70 bits per heavy atom. The van der Waals surface area contributed by atoms with Crippen LogP contribution in [0.3, 0.4) is 0 Å². The van der Waals surface area contributed by atoms with Crippen LogP contribution in [0.2, 0.25) is 0 Å². The predicted octanol–water partition coefficient (Wildman–Crippen LogP) is 5.60. The molecular weight excluding hydrogens is 284 g/mol. The monoisotopic (exact) mass is 310 g/mol. The first kappa shape index (κ1) is 16.2. The Morgan fingerprint density at radius 1 is 1.00 bits per heavy atom. The van der Waals surface area contributed by atoms with E-state index in [1.807, 2.05) is 0 Å². The van der Waals surface area contributed by atoms with Crippen LogP contribution in [0.4, 0.5) is 0 Å². The summed E-state index contributed by atoms with van der Waals surface area (Å²) < 4.78 is 6.31. The van der Waals surface area contributed by atoms with Gasteiger partial charge in [-0.2, -0.15) is 0 Å². The molecule has 1 saturated heterocycles. The summed E-state index contributed by atoms with van der Waals surface area (Å²) in [6, 6.07) is 14.6. The van der Waals surface area contributed by atoms with E-state index in [4.69, 9.17) is 4.74 Å². The number of carbonyl (C=O) groups excluding carboxylic acids is 1. The third-order valence-electron chi connectivity index (χ3n) is 4.78. The molecule has 1 aliphatic rings. The molecule has 23 heavy (non-hydrogen) atoms. The van der Waals surface area contributed by atoms with E-state index in [9.17, 15) is 4.79 Å². The molecule has 0 aromatic heterocycles. The van der Waals surface area contributed by atoms with Crippen LogP contribution in [0.1, 0.15) is 63.5 Å². The third-order valence-corrected chi connectivity index (χ3v) is 4.78. The van der Waals surface area contributed by atoms with Gasteiger partial charge in [0.2, 0.25) is 0 Å². The number of unbranched alkanes of at least 4 members (excludes halogenated alkanes) is 3. The molecule has 2 aromatic rings.